The first-order valence-corrected chi connectivity index (χ1v) is 4.10. The molecule has 2 N–H and O–H groups in total. The summed E-state index contributed by atoms with van der Waals surface area (Å²) >= 11 is 0. The first-order chi connectivity index (χ1) is 5.30. The van der Waals surface area contributed by atoms with Crippen molar-refractivity contribution < 1.29 is 0 Å². The van der Waals surface area contributed by atoms with Crippen molar-refractivity contribution in [1.29, 1.82) is 0 Å². The lowest BCUT2D eigenvalue weighted by atomic mass is 9.50. The van der Waals surface area contributed by atoms with Gasteiger partial charge in [-0.2, -0.15) is 5.10 Å². The Hall–Kier alpha value is -0.990. The number of hydrogen-bond acceptors (Lipinski definition) is 2. The van der Waals surface area contributed by atoms with Crippen LogP contribution in [0.2, 0.25) is 0 Å². The minimum Gasteiger partial charge on any atom is -0.384 e. The van der Waals surface area contributed by atoms with Gasteiger partial charge in [-0.05, 0) is 31.2 Å². The molecule has 11 heavy (non-hydrogen) atoms. The minimum atomic E-state index is 0.359. The fraction of sp³-hybridized carbons (Fsp3) is 0.625. The largest absolute Gasteiger partial charge is 0.384 e. The SMILES string of the molecule is Nc1ccnn1C12CC(C1)C2. The van der Waals surface area contributed by atoms with E-state index in [1.54, 1.807) is 6.20 Å². The monoisotopic (exact) mass is 149 g/mol. The highest BCUT2D eigenvalue weighted by molar-refractivity contribution is 5.31. The van der Waals surface area contributed by atoms with Crippen LogP contribution in [0, 0.1) is 5.92 Å². The second-order valence-electron chi connectivity index (χ2n) is 3.87. The van der Waals surface area contributed by atoms with E-state index in [-0.39, 0.29) is 0 Å². The molecule has 3 heteroatoms. The summed E-state index contributed by atoms with van der Waals surface area (Å²) in [7, 11) is 0. The quantitative estimate of drug-likeness (QED) is 0.646. The molecule has 0 atom stereocenters. The number of hydrogen-bond donors (Lipinski definition) is 1. The van der Waals surface area contributed by atoms with Gasteiger partial charge in [0.2, 0.25) is 0 Å². The van der Waals surface area contributed by atoms with E-state index in [0.29, 0.717) is 5.54 Å². The number of aromatic nitrogens is 2. The molecular formula is C8H11N3. The lowest BCUT2D eigenvalue weighted by Gasteiger charge is -2.61. The highest BCUT2D eigenvalue weighted by Crippen LogP contribution is 2.62. The third-order valence-corrected chi connectivity index (χ3v) is 3.13. The summed E-state index contributed by atoms with van der Waals surface area (Å²) in [6.07, 6.45) is 5.70. The highest BCUT2D eigenvalue weighted by Gasteiger charge is 2.59. The Morgan fingerprint density at radius 3 is 2.64 bits per heavy atom. The van der Waals surface area contributed by atoms with Crippen molar-refractivity contribution >= 4 is 5.82 Å². The van der Waals surface area contributed by atoms with E-state index in [4.69, 9.17) is 5.73 Å². The van der Waals surface area contributed by atoms with Crippen LogP contribution >= 0.6 is 0 Å². The molecule has 3 aliphatic rings. The molecule has 0 radical (unpaired) electrons. The second kappa shape index (κ2) is 1.44. The van der Waals surface area contributed by atoms with E-state index < -0.39 is 0 Å². The third kappa shape index (κ3) is 0.492. The fourth-order valence-electron chi connectivity index (χ4n) is 2.40. The Morgan fingerprint density at radius 2 is 2.27 bits per heavy atom. The van der Waals surface area contributed by atoms with Crippen LogP contribution in [-0.4, -0.2) is 9.78 Å². The van der Waals surface area contributed by atoms with E-state index >= 15 is 0 Å². The van der Waals surface area contributed by atoms with Crippen molar-refractivity contribution in [3.8, 4) is 0 Å². The maximum atomic E-state index is 5.76. The molecule has 0 unspecified atom stereocenters. The average molecular weight is 149 g/mol. The summed E-state index contributed by atoms with van der Waals surface area (Å²) in [5.74, 6) is 1.81. The van der Waals surface area contributed by atoms with Crippen LogP contribution in [0.4, 0.5) is 5.82 Å². The van der Waals surface area contributed by atoms with Gasteiger partial charge in [0, 0.05) is 0 Å². The summed E-state index contributed by atoms with van der Waals surface area (Å²) in [6, 6.07) is 1.88. The number of nitrogens with zero attached hydrogens (tertiary/aromatic N) is 2. The van der Waals surface area contributed by atoms with Crippen LogP contribution in [-0.2, 0) is 5.54 Å². The van der Waals surface area contributed by atoms with Crippen LogP contribution in [0.25, 0.3) is 0 Å². The van der Waals surface area contributed by atoms with Gasteiger partial charge < -0.3 is 5.73 Å². The van der Waals surface area contributed by atoms with Gasteiger partial charge in [-0.3, -0.25) is 0 Å². The molecule has 3 aliphatic carbocycles. The van der Waals surface area contributed by atoms with Crippen LogP contribution in [0.1, 0.15) is 19.3 Å². The number of nitrogen functional groups attached to an aromatic ring is 1. The van der Waals surface area contributed by atoms with E-state index in [1.807, 2.05) is 10.7 Å². The summed E-state index contributed by atoms with van der Waals surface area (Å²) in [5.41, 5.74) is 6.12. The van der Waals surface area contributed by atoms with Crippen LogP contribution in [0.3, 0.4) is 0 Å². The van der Waals surface area contributed by atoms with Gasteiger partial charge in [-0.25, -0.2) is 4.68 Å². The van der Waals surface area contributed by atoms with Crippen LogP contribution in [0.15, 0.2) is 12.3 Å². The van der Waals surface area contributed by atoms with Crippen molar-refractivity contribution in [3.05, 3.63) is 12.3 Å². The van der Waals surface area contributed by atoms with E-state index in [1.165, 1.54) is 19.3 Å². The van der Waals surface area contributed by atoms with Crippen molar-refractivity contribution in [2.45, 2.75) is 24.8 Å². The highest BCUT2D eigenvalue weighted by atomic mass is 15.4. The van der Waals surface area contributed by atoms with Gasteiger partial charge in [0.05, 0.1) is 11.7 Å². The number of nitrogens with two attached hydrogens (primary N) is 1. The Morgan fingerprint density at radius 1 is 1.55 bits per heavy atom. The summed E-state index contributed by atoms with van der Waals surface area (Å²) < 4.78 is 2.01. The van der Waals surface area contributed by atoms with Gasteiger partial charge in [-0.1, -0.05) is 0 Å². The Labute approximate surface area is 65.2 Å². The first kappa shape index (κ1) is 5.63. The predicted octanol–water partition coefficient (Wildman–Crippen LogP) is 0.974. The van der Waals surface area contributed by atoms with Crippen molar-refractivity contribution in [3.63, 3.8) is 0 Å². The van der Waals surface area contributed by atoms with Gasteiger partial charge >= 0.3 is 0 Å². The topological polar surface area (TPSA) is 43.8 Å². The third-order valence-electron chi connectivity index (χ3n) is 3.13. The predicted molar refractivity (Wildman–Crippen MR) is 42.0 cm³/mol. The molecule has 58 valence electrons. The molecule has 1 aromatic rings. The van der Waals surface area contributed by atoms with Gasteiger partial charge in [0.1, 0.15) is 5.82 Å². The lowest BCUT2D eigenvalue weighted by Crippen LogP contribution is -2.59. The smallest absolute Gasteiger partial charge is 0.122 e. The summed E-state index contributed by atoms with van der Waals surface area (Å²) in [6.45, 7) is 0. The maximum absolute atomic E-state index is 5.76. The zero-order valence-corrected chi connectivity index (χ0v) is 6.33. The molecule has 0 aliphatic heterocycles. The minimum absolute atomic E-state index is 0.359. The second-order valence-corrected chi connectivity index (χ2v) is 3.87. The van der Waals surface area contributed by atoms with Gasteiger partial charge in [0.15, 0.2) is 0 Å². The molecule has 3 fully saturated rings. The number of rotatable bonds is 1. The molecule has 3 saturated carbocycles. The Kier molecular flexibility index (Phi) is 0.739. The normalized spacial score (nSPS) is 39.5. The van der Waals surface area contributed by atoms with Crippen molar-refractivity contribution in [1.82, 2.24) is 9.78 Å². The standard InChI is InChI=1S/C8H11N3/c9-7-1-2-10-11(7)8-3-6(4-8)5-8/h1-2,6H,3-5,9H2. The lowest BCUT2D eigenvalue weighted by molar-refractivity contribution is -0.0960. The van der Waals surface area contributed by atoms with Crippen LogP contribution < -0.4 is 5.73 Å². The first-order valence-electron chi connectivity index (χ1n) is 4.10. The fourth-order valence-corrected chi connectivity index (χ4v) is 2.40. The summed E-state index contributed by atoms with van der Waals surface area (Å²) in [5, 5.41) is 4.24. The molecule has 1 heterocycles. The average Bonchev–Trinajstić information content (AvgIpc) is 2.08. The Balaban J connectivity index is 2.05. The van der Waals surface area contributed by atoms with Crippen molar-refractivity contribution in [2.75, 3.05) is 5.73 Å². The molecule has 4 rings (SSSR count). The molecule has 3 nitrogen and oxygen atoms in total. The molecular weight excluding hydrogens is 138 g/mol. The zero-order chi connectivity index (χ0) is 7.47. The molecule has 0 saturated heterocycles. The molecule has 0 spiro atoms. The number of anilines is 1. The molecule has 2 bridgehead atoms. The maximum Gasteiger partial charge on any atom is 0.122 e. The Bertz CT molecular complexity index is 285. The van der Waals surface area contributed by atoms with E-state index in [0.717, 1.165) is 11.7 Å². The molecule has 0 aromatic carbocycles. The zero-order valence-electron chi connectivity index (χ0n) is 6.33. The van der Waals surface area contributed by atoms with Crippen LogP contribution in [0.5, 0.6) is 0 Å². The molecule has 0 amide bonds. The van der Waals surface area contributed by atoms with E-state index in [2.05, 4.69) is 5.10 Å². The van der Waals surface area contributed by atoms with Gasteiger partial charge in [0.25, 0.3) is 0 Å². The van der Waals surface area contributed by atoms with E-state index in [9.17, 15) is 0 Å². The van der Waals surface area contributed by atoms with Gasteiger partial charge in [-0.15, -0.1) is 0 Å². The van der Waals surface area contributed by atoms with Crippen molar-refractivity contribution in [2.24, 2.45) is 5.92 Å². The summed E-state index contributed by atoms with van der Waals surface area (Å²) in [4.78, 5) is 0. The molecule has 1 aromatic heterocycles.